The molecular formula is C22H22N2O4. The maximum Gasteiger partial charge on any atom is 0.291 e. The summed E-state index contributed by atoms with van der Waals surface area (Å²) >= 11 is 0. The van der Waals surface area contributed by atoms with E-state index in [1.165, 1.54) is 6.26 Å². The van der Waals surface area contributed by atoms with Crippen LogP contribution in [-0.2, 0) is 11.3 Å². The van der Waals surface area contributed by atoms with Crippen LogP contribution in [0, 0.1) is 0 Å². The number of amides is 2. The molecule has 2 N–H and O–H groups in total. The van der Waals surface area contributed by atoms with E-state index in [-0.39, 0.29) is 17.6 Å². The third kappa shape index (κ3) is 5.82. The van der Waals surface area contributed by atoms with Gasteiger partial charge in [-0.3, -0.25) is 9.59 Å². The molecule has 0 fully saturated rings. The first kappa shape index (κ1) is 19.4. The van der Waals surface area contributed by atoms with E-state index in [0.29, 0.717) is 31.0 Å². The molecule has 0 bridgehead atoms. The lowest BCUT2D eigenvalue weighted by Gasteiger charge is -2.08. The number of furan rings is 1. The number of rotatable bonds is 9. The van der Waals surface area contributed by atoms with Crippen LogP contribution in [-0.4, -0.2) is 25.0 Å². The van der Waals surface area contributed by atoms with Crippen LogP contribution in [0.1, 0.15) is 32.9 Å². The molecule has 0 aliphatic rings. The first-order valence-corrected chi connectivity index (χ1v) is 9.07. The number of ether oxygens (including phenoxy) is 1. The van der Waals surface area contributed by atoms with E-state index in [4.69, 9.17) is 9.15 Å². The molecule has 0 unspecified atom stereocenters. The number of hydrogen-bond donors (Lipinski definition) is 2. The summed E-state index contributed by atoms with van der Waals surface area (Å²) < 4.78 is 10.6. The number of carbonyl (C=O) groups excluding carboxylic acids is 2. The average Bonchev–Trinajstić information content (AvgIpc) is 3.27. The van der Waals surface area contributed by atoms with E-state index in [1.54, 1.807) is 36.4 Å². The van der Waals surface area contributed by atoms with Crippen molar-refractivity contribution in [3.05, 3.63) is 89.9 Å². The van der Waals surface area contributed by atoms with Gasteiger partial charge in [0.2, 0.25) is 0 Å². The molecule has 3 aromatic rings. The van der Waals surface area contributed by atoms with Crippen LogP contribution >= 0.6 is 0 Å². The van der Waals surface area contributed by atoms with E-state index < -0.39 is 0 Å². The maximum absolute atomic E-state index is 12.2. The molecule has 0 saturated carbocycles. The smallest absolute Gasteiger partial charge is 0.291 e. The summed E-state index contributed by atoms with van der Waals surface area (Å²) in [6.45, 7) is 1.68. The molecule has 0 aliphatic carbocycles. The monoisotopic (exact) mass is 378 g/mol. The van der Waals surface area contributed by atoms with Crippen molar-refractivity contribution in [3.8, 4) is 0 Å². The fraction of sp³-hybridized carbons (Fsp3) is 0.182. The molecule has 6 nitrogen and oxygen atoms in total. The summed E-state index contributed by atoms with van der Waals surface area (Å²) in [7, 11) is 0. The van der Waals surface area contributed by atoms with Gasteiger partial charge in [0.05, 0.1) is 12.9 Å². The SMILES string of the molecule is O=C(NCCCOCc1ccccc1)c1ccc(NC(=O)c2ccco2)cc1. The molecule has 6 heteroatoms. The van der Waals surface area contributed by atoms with Gasteiger partial charge in [-0.25, -0.2) is 0 Å². The van der Waals surface area contributed by atoms with Gasteiger partial charge in [-0.1, -0.05) is 30.3 Å². The highest BCUT2D eigenvalue weighted by atomic mass is 16.5. The Kier molecular flexibility index (Phi) is 6.98. The number of carbonyl (C=O) groups is 2. The average molecular weight is 378 g/mol. The van der Waals surface area contributed by atoms with Gasteiger partial charge in [-0.05, 0) is 48.4 Å². The fourth-order valence-corrected chi connectivity index (χ4v) is 2.55. The summed E-state index contributed by atoms with van der Waals surface area (Å²) in [6.07, 6.45) is 2.17. The summed E-state index contributed by atoms with van der Waals surface area (Å²) in [6, 6.07) is 19.9. The molecule has 0 atom stereocenters. The van der Waals surface area contributed by atoms with Crippen LogP contribution in [0.15, 0.2) is 77.4 Å². The lowest BCUT2D eigenvalue weighted by Crippen LogP contribution is -2.25. The zero-order chi connectivity index (χ0) is 19.6. The predicted octanol–water partition coefficient (Wildman–Crippen LogP) is 3.87. The number of nitrogens with one attached hydrogen (secondary N) is 2. The van der Waals surface area contributed by atoms with Crippen molar-refractivity contribution >= 4 is 17.5 Å². The zero-order valence-corrected chi connectivity index (χ0v) is 15.4. The molecule has 3 rings (SSSR count). The van der Waals surface area contributed by atoms with Crippen LogP contribution in [0.2, 0.25) is 0 Å². The molecule has 0 saturated heterocycles. The van der Waals surface area contributed by atoms with Gasteiger partial charge in [-0.2, -0.15) is 0 Å². The van der Waals surface area contributed by atoms with Gasteiger partial charge >= 0.3 is 0 Å². The van der Waals surface area contributed by atoms with Crippen molar-refractivity contribution in [1.29, 1.82) is 0 Å². The summed E-state index contributed by atoms with van der Waals surface area (Å²) in [5, 5.41) is 5.57. The van der Waals surface area contributed by atoms with Crippen molar-refractivity contribution in [2.45, 2.75) is 13.0 Å². The number of hydrogen-bond acceptors (Lipinski definition) is 4. The van der Waals surface area contributed by atoms with Crippen molar-refractivity contribution in [3.63, 3.8) is 0 Å². The highest BCUT2D eigenvalue weighted by Crippen LogP contribution is 2.12. The first-order chi connectivity index (χ1) is 13.7. The van der Waals surface area contributed by atoms with Gasteiger partial charge < -0.3 is 19.8 Å². The minimum Gasteiger partial charge on any atom is -0.459 e. The summed E-state index contributed by atoms with van der Waals surface area (Å²) in [4.78, 5) is 24.1. The van der Waals surface area contributed by atoms with E-state index in [2.05, 4.69) is 10.6 Å². The Morgan fingerprint density at radius 3 is 2.39 bits per heavy atom. The molecule has 0 radical (unpaired) electrons. The normalized spacial score (nSPS) is 10.4. The largest absolute Gasteiger partial charge is 0.459 e. The second kappa shape index (κ2) is 10.1. The van der Waals surface area contributed by atoms with E-state index in [1.807, 2.05) is 30.3 Å². The summed E-state index contributed by atoms with van der Waals surface area (Å²) in [5.41, 5.74) is 2.25. The lowest BCUT2D eigenvalue weighted by atomic mass is 10.2. The minimum absolute atomic E-state index is 0.160. The molecule has 0 aliphatic heterocycles. The Morgan fingerprint density at radius 1 is 0.893 bits per heavy atom. The van der Waals surface area contributed by atoms with Crippen LogP contribution < -0.4 is 10.6 Å². The predicted molar refractivity (Wildman–Crippen MR) is 106 cm³/mol. The highest BCUT2D eigenvalue weighted by molar-refractivity contribution is 6.02. The van der Waals surface area contributed by atoms with Gasteiger partial charge in [-0.15, -0.1) is 0 Å². The summed E-state index contributed by atoms with van der Waals surface area (Å²) in [5.74, 6) is -0.263. The fourth-order valence-electron chi connectivity index (χ4n) is 2.55. The number of anilines is 1. The molecule has 0 spiro atoms. The van der Waals surface area contributed by atoms with Gasteiger partial charge in [0.25, 0.3) is 11.8 Å². The van der Waals surface area contributed by atoms with E-state index >= 15 is 0 Å². The Bertz CT molecular complexity index is 875. The Labute approximate surface area is 163 Å². The minimum atomic E-state index is -0.335. The Morgan fingerprint density at radius 2 is 1.68 bits per heavy atom. The Hall–Kier alpha value is -3.38. The van der Waals surface area contributed by atoms with Gasteiger partial charge in [0.15, 0.2) is 5.76 Å². The second-order valence-electron chi connectivity index (χ2n) is 6.16. The van der Waals surface area contributed by atoms with E-state index in [0.717, 1.165) is 12.0 Å². The second-order valence-corrected chi connectivity index (χ2v) is 6.16. The van der Waals surface area contributed by atoms with Crippen LogP contribution in [0.5, 0.6) is 0 Å². The third-order valence-electron chi connectivity index (χ3n) is 4.01. The molecule has 1 heterocycles. The first-order valence-electron chi connectivity index (χ1n) is 9.07. The van der Waals surface area contributed by atoms with Crippen molar-refractivity contribution in [2.24, 2.45) is 0 Å². The highest BCUT2D eigenvalue weighted by Gasteiger charge is 2.09. The van der Waals surface area contributed by atoms with Crippen molar-refractivity contribution in [1.82, 2.24) is 5.32 Å². The molecule has 28 heavy (non-hydrogen) atoms. The van der Waals surface area contributed by atoms with E-state index in [9.17, 15) is 9.59 Å². The maximum atomic E-state index is 12.2. The van der Waals surface area contributed by atoms with Crippen LogP contribution in [0.3, 0.4) is 0 Å². The Balaban J connectivity index is 1.35. The quantitative estimate of drug-likeness (QED) is 0.554. The van der Waals surface area contributed by atoms with Crippen LogP contribution in [0.25, 0.3) is 0 Å². The zero-order valence-electron chi connectivity index (χ0n) is 15.4. The third-order valence-corrected chi connectivity index (χ3v) is 4.01. The lowest BCUT2D eigenvalue weighted by molar-refractivity contribution is 0.0934. The van der Waals surface area contributed by atoms with Crippen LogP contribution in [0.4, 0.5) is 5.69 Å². The molecule has 1 aromatic heterocycles. The molecule has 2 aromatic carbocycles. The molecular weight excluding hydrogens is 356 g/mol. The molecule has 144 valence electrons. The number of benzene rings is 2. The van der Waals surface area contributed by atoms with Gasteiger partial charge in [0, 0.05) is 24.4 Å². The standard InChI is InChI=1S/C22H22N2O4/c25-21(23-13-5-14-27-16-17-6-2-1-3-7-17)18-9-11-19(12-10-18)24-22(26)20-8-4-15-28-20/h1-4,6-12,15H,5,13-14,16H2,(H,23,25)(H,24,26). The van der Waals surface area contributed by atoms with Crippen molar-refractivity contribution < 1.29 is 18.7 Å². The van der Waals surface area contributed by atoms with Gasteiger partial charge in [0.1, 0.15) is 0 Å². The van der Waals surface area contributed by atoms with Crippen molar-refractivity contribution in [2.75, 3.05) is 18.5 Å². The molecule has 2 amide bonds. The topological polar surface area (TPSA) is 80.6 Å².